The van der Waals surface area contributed by atoms with Gasteiger partial charge in [-0.1, -0.05) is 13.3 Å². The Morgan fingerprint density at radius 1 is 1.19 bits per heavy atom. The highest BCUT2D eigenvalue weighted by molar-refractivity contribution is 4.83. The van der Waals surface area contributed by atoms with E-state index < -0.39 is 0 Å². The Labute approximate surface area is 101 Å². The lowest BCUT2D eigenvalue weighted by Gasteiger charge is -2.25. The molecule has 0 aromatic rings. The van der Waals surface area contributed by atoms with Crippen LogP contribution in [0.5, 0.6) is 0 Å². The van der Waals surface area contributed by atoms with Crippen LogP contribution in [-0.4, -0.2) is 37.1 Å². The molecular weight excluding hydrogens is 196 g/mol. The van der Waals surface area contributed by atoms with Gasteiger partial charge < -0.3 is 10.2 Å². The third-order valence-corrected chi connectivity index (χ3v) is 4.70. The smallest absolute Gasteiger partial charge is 0.00796 e. The molecule has 0 aromatic carbocycles. The molecule has 2 fully saturated rings. The molecule has 3 unspecified atom stereocenters. The summed E-state index contributed by atoms with van der Waals surface area (Å²) in [6.45, 7) is 9.97. The van der Waals surface area contributed by atoms with Crippen LogP contribution in [0.1, 0.15) is 46.0 Å². The van der Waals surface area contributed by atoms with Gasteiger partial charge in [0.05, 0.1) is 0 Å². The van der Waals surface area contributed by atoms with Gasteiger partial charge >= 0.3 is 0 Å². The summed E-state index contributed by atoms with van der Waals surface area (Å²) in [4.78, 5) is 2.73. The highest BCUT2D eigenvalue weighted by atomic mass is 15.1. The quantitative estimate of drug-likeness (QED) is 0.792. The van der Waals surface area contributed by atoms with E-state index in [4.69, 9.17) is 0 Å². The summed E-state index contributed by atoms with van der Waals surface area (Å²) in [6.07, 6.45) is 7.09. The summed E-state index contributed by atoms with van der Waals surface area (Å²) in [5.74, 6) is 1.90. The number of nitrogens with one attached hydrogen (secondary N) is 1. The van der Waals surface area contributed by atoms with Gasteiger partial charge in [0.2, 0.25) is 0 Å². The molecule has 2 aliphatic heterocycles. The zero-order valence-electron chi connectivity index (χ0n) is 11.0. The fourth-order valence-corrected chi connectivity index (χ4v) is 3.31. The normalized spacial score (nSPS) is 37.5. The largest absolute Gasteiger partial charge is 0.314 e. The SMILES string of the molecule is CCC1CCCN(CC2CCNC2C)CC1. The molecule has 2 nitrogen and oxygen atoms in total. The van der Waals surface area contributed by atoms with Crippen molar-refractivity contribution in [2.75, 3.05) is 26.2 Å². The van der Waals surface area contributed by atoms with Crippen molar-refractivity contribution in [1.29, 1.82) is 0 Å². The number of nitrogens with zero attached hydrogens (tertiary/aromatic N) is 1. The van der Waals surface area contributed by atoms with Gasteiger partial charge in [-0.2, -0.15) is 0 Å². The first-order valence-corrected chi connectivity index (χ1v) is 7.25. The maximum absolute atomic E-state index is 3.57. The first kappa shape index (κ1) is 12.4. The first-order chi connectivity index (χ1) is 7.79. The fourth-order valence-electron chi connectivity index (χ4n) is 3.31. The van der Waals surface area contributed by atoms with E-state index in [2.05, 4.69) is 24.1 Å². The maximum Gasteiger partial charge on any atom is 0.00796 e. The van der Waals surface area contributed by atoms with Crippen LogP contribution in [0.4, 0.5) is 0 Å². The minimum atomic E-state index is 0.741. The van der Waals surface area contributed by atoms with Crippen LogP contribution >= 0.6 is 0 Å². The van der Waals surface area contributed by atoms with Crippen LogP contribution < -0.4 is 5.32 Å². The van der Waals surface area contributed by atoms with Crippen molar-refractivity contribution in [2.45, 2.75) is 52.0 Å². The Balaban J connectivity index is 1.77. The van der Waals surface area contributed by atoms with Crippen LogP contribution in [0.2, 0.25) is 0 Å². The summed E-state index contributed by atoms with van der Waals surface area (Å²) in [6, 6.07) is 0.741. The zero-order chi connectivity index (χ0) is 11.4. The molecule has 16 heavy (non-hydrogen) atoms. The molecule has 0 aliphatic carbocycles. The molecule has 2 saturated heterocycles. The third-order valence-electron chi connectivity index (χ3n) is 4.70. The number of rotatable bonds is 3. The number of hydrogen-bond acceptors (Lipinski definition) is 2. The molecule has 0 saturated carbocycles. The van der Waals surface area contributed by atoms with Gasteiger partial charge in [0.25, 0.3) is 0 Å². The summed E-state index contributed by atoms with van der Waals surface area (Å²) >= 11 is 0. The summed E-state index contributed by atoms with van der Waals surface area (Å²) in [7, 11) is 0. The van der Waals surface area contributed by atoms with E-state index in [0.29, 0.717) is 0 Å². The molecule has 0 bridgehead atoms. The Kier molecular flexibility index (Phi) is 4.66. The highest BCUT2D eigenvalue weighted by Crippen LogP contribution is 2.23. The van der Waals surface area contributed by atoms with E-state index in [9.17, 15) is 0 Å². The first-order valence-electron chi connectivity index (χ1n) is 7.25. The molecule has 1 N–H and O–H groups in total. The average Bonchev–Trinajstić information content (AvgIpc) is 2.56. The topological polar surface area (TPSA) is 15.3 Å². The minimum absolute atomic E-state index is 0.741. The lowest BCUT2D eigenvalue weighted by molar-refractivity contribution is 0.228. The lowest BCUT2D eigenvalue weighted by Crippen LogP contribution is -2.35. The number of likely N-dealkylation sites (tertiary alicyclic amines) is 1. The van der Waals surface area contributed by atoms with E-state index in [1.54, 1.807) is 0 Å². The molecule has 2 heterocycles. The van der Waals surface area contributed by atoms with Crippen molar-refractivity contribution in [3.8, 4) is 0 Å². The molecule has 0 aromatic heterocycles. The van der Waals surface area contributed by atoms with E-state index in [-0.39, 0.29) is 0 Å². The molecule has 0 spiro atoms. The van der Waals surface area contributed by atoms with Crippen LogP contribution in [-0.2, 0) is 0 Å². The highest BCUT2D eigenvalue weighted by Gasteiger charge is 2.25. The predicted octanol–water partition coefficient (Wildman–Crippen LogP) is 2.50. The molecular formula is C14H28N2. The van der Waals surface area contributed by atoms with Crippen LogP contribution in [0, 0.1) is 11.8 Å². The maximum atomic E-state index is 3.57. The molecule has 0 radical (unpaired) electrons. The van der Waals surface area contributed by atoms with Crippen molar-refractivity contribution in [1.82, 2.24) is 10.2 Å². The molecule has 2 heteroatoms. The van der Waals surface area contributed by atoms with E-state index in [1.165, 1.54) is 58.3 Å². The molecule has 2 rings (SSSR count). The summed E-state index contributed by atoms with van der Waals surface area (Å²) in [5, 5.41) is 3.57. The monoisotopic (exact) mass is 224 g/mol. The second-order valence-electron chi connectivity index (χ2n) is 5.80. The van der Waals surface area contributed by atoms with Gasteiger partial charge in [0, 0.05) is 12.6 Å². The van der Waals surface area contributed by atoms with Gasteiger partial charge in [0.15, 0.2) is 0 Å². The predicted molar refractivity (Wildman–Crippen MR) is 69.6 cm³/mol. The molecule has 94 valence electrons. The molecule has 0 amide bonds. The zero-order valence-corrected chi connectivity index (χ0v) is 11.0. The lowest BCUT2D eigenvalue weighted by atomic mass is 9.98. The average molecular weight is 224 g/mol. The van der Waals surface area contributed by atoms with Gasteiger partial charge in [-0.3, -0.25) is 0 Å². The van der Waals surface area contributed by atoms with Crippen molar-refractivity contribution < 1.29 is 0 Å². The Hall–Kier alpha value is -0.0800. The van der Waals surface area contributed by atoms with Crippen LogP contribution in [0.15, 0.2) is 0 Å². The second kappa shape index (κ2) is 6.02. The van der Waals surface area contributed by atoms with Gasteiger partial charge in [-0.15, -0.1) is 0 Å². The standard InChI is InChI=1S/C14H28N2/c1-3-13-5-4-9-16(10-7-13)11-14-6-8-15-12(14)2/h12-15H,3-11H2,1-2H3. The number of hydrogen-bond donors (Lipinski definition) is 1. The van der Waals surface area contributed by atoms with Gasteiger partial charge in [-0.05, 0) is 64.1 Å². The van der Waals surface area contributed by atoms with E-state index >= 15 is 0 Å². The van der Waals surface area contributed by atoms with Crippen molar-refractivity contribution in [3.05, 3.63) is 0 Å². The van der Waals surface area contributed by atoms with Gasteiger partial charge in [-0.25, -0.2) is 0 Å². The summed E-state index contributed by atoms with van der Waals surface area (Å²) in [5.41, 5.74) is 0. The third kappa shape index (κ3) is 3.21. The van der Waals surface area contributed by atoms with Crippen molar-refractivity contribution >= 4 is 0 Å². The van der Waals surface area contributed by atoms with E-state index in [0.717, 1.165) is 17.9 Å². The second-order valence-corrected chi connectivity index (χ2v) is 5.80. The van der Waals surface area contributed by atoms with Crippen LogP contribution in [0.25, 0.3) is 0 Å². The Morgan fingerprint density at radius 2 is 2.06 bits per heavy atom. The molecule has 3 atom stereocenters. The van der Waals surface area contributed by atoms with Gasteiger partial charge in [0.1, 0.15) is 0 Å². The summed E-state index contributed by atoms with van der Waals surface area (Å²) < 4.78 is 0. The van der Waals surface area contributed by atoms with E-state index in [1.807, 2.05) is 0 Å². The van der Waals surface area contributed by atoms with Crippen LogP contribution in [0.3, 0.4) is 0 Å². The minimum Gasteiger partial charge on any atom is -0.314 e. The Morgan fingerprint density at radius 3 is 2.75 bits per heavy atom. The molecule has 2 aliphatic rings. The van der Waals surface area contributed by atoms with Crippen molar-refractivity contribution in [2.24, 2.45) is 11.8 Å². The Bertz CT molecular complexity index is 205. The van der Waals surface area contributed by atoms with Crippen molar-refractivity contribution in [3.63, 3.8) is 0 Å². The fraction of sp³-hybridized carbons (Fsp3) is 1.00.